The molecule has 0 N–H and O–H groups in total. The molecule has 0 unspecified atom stereocenters. The summed E-state index contributed by atoms with van der Waals surface area (Å²) < 4.78 is 7.31. The number of hydrogen-bond donors (Lipinski definition) is 0. The van der Waals surface area contributed by atoms with Crippen molar-refractivity contribution in [3.63, 3.8) is 0 Å². The lowest BCUT2D eigenvalue weighted by molar-refractivity contribution is 0.0345. The lowest BCUT2D eigenvalue weighted by Crippen LogP contribution is -2.28. The van der Waals surface area contributed by atoms with Crippen LogP contribution in [0.1, 0.15) is 16.1 Å². The van der Waals surface area contributed by atoms with Crippen LogP contribution in [-0.2, 0) is 11.5 Å². The van der Waals surface area contributed by atoms with E-state index < -0.39 is 5.97 Å². The van der Waals surface area contributed by atoms with Gasteiger partial charge in [-0.3, -0.25) is 4.79 Å². The third-order valence-corrected chi connectivity index (χ3v) is 3.85. The van der Waals surface area contributed by atoms with Crippen molar-refractivity contribution in [2.45, 2.75) is 18.8 Å². The molecule has 0 aliphatic carbocycles. The summed E-state index contributed by atoms with van der Waals surface area (Å²) in [6, 6.07) is 6.77. The maximum Gasteiger partial charge on any atom is 0.339 e. The minimum absolute atomic E-state index is 0.194. The molecule has 0 spiro atoms. The molecule has 1 aromatic heterocycles. The van der Waals surface area contributed by atoms with E-state index in [0.717, 1.165) is 4.47 Å². The van der Waals surface area contributed by atoms with Crippen LogP contribution in [0.3, 0.4) is 0 Å². The Morgan fingerprint density at radius 3 is 2.62 bits per heavy atom. The van der Waals surface area contributed by atoms with Crippen LogP contribution in [0.15, 0.2) is 38.7 Å². The lowest BCUT2D eigenvalue weighted by Gasteiger charge is -2.10. The first-order valence-corrected chi connectivity index (χ1v) is 7.95. The van der Waals surface area contributed by atoms with Gasteiger partial charge < -0.3 is 4.74 Å². The average Bonchev–Trinajstić information content (AvgIpc) is 2.49. The molecule has 0 saturated heterocycles. The Morgan fingerprint density at radius 1 is 1.33 bits per heavy atom. The average molecular weight is 370 g/mol. The molecule has 0 bridgehead atoms. The number of carbonyl (C=O) groups excluding carboxylic acids is 1. The van der Waals surface area contributed by atoms with Gasteiger partial charge in [0.25, 0.3) is 5.56 Å². The first kappa shape index (κ1) is 15.7. The first-order chi connectivity index (χ1) is 10.0. The van der Waals surface area contributed by atoms with Crippen LogP contribution in [0.2, 0.25) is 0 Å². The standard InChI is InChI=1S/C13H12BrN3O3S/c1-8-11(18)17(13(21-2)16-15-8)7-20-12(19)9-3-5-10(14)6-4-9/h3-6H,7H2,1-2H3. The van der Waals surface area contributed by atoms with Crippen molar-refractivity contribution in [2.75, 3.05) is 6.26 Å². The summed E-state index contributed by atoms with van der Waals surface area (Å²) in [5.41, 5.74) is 0.348. The predicted molar refractivity (Wildman–Crippen MR) is 82.4 cm³/mol. The molecular weight excluding hydrogens is 358 g/mol. The molecule has 0 amide bonds. The molecule has 2 rings (SSSR count). The van der Waals surface area contributed by atoms with Crippen LogP contribution in [0.5, 0.6) is 0 Å². The molecule has 0 aliphatic rings. The predicted octanol–water partition coefficient (Wildman–Crippen LogP) is 2.25. The van der Waals surface area contributed by atoms with E-state index in [1.54, 1.807) is 37.4 Å². The third-order valence-electron chi connectivity index (χ3n) is 2.66. The maximum absolute atomic E-state index is 12.0. The lowest BCUT2D eigenvalue weighted by atomic mass is 10.2. The number of nitrogens with zero attached hydrogens (tertiary/aromatic N) is 3. The van der Waals surface area contributed by atoms with Crippen molar-refractivity contribution < 1.29 is 9.53 Å². The molecular formula is C13H12BrN3O3S. The molecule has 0 radical (unpaired) electrons. The van der Waals surface area contributed by atoms with E-state index in [1.807, 2.05) is 0 Å². The number of rotatable bonds is 4. The highest BCUT2D eigenvalue weighted by atomic mass is 79.9. The van der Waals surface area contributed by atoms with E-state index in [1.165, 1.54) is 16.3 Å². The molecule has 110 valence electrons. The summed E-state index contributed by atoms with van der Waals surface area (Å²) in [6.07, 6.45) is 1.77. The van der Waals surface area contributed by atoms with Crippen LogP contribution in [-0.4, -0.2) is 27.0 Å². The number of aromatic nitrogens is 3. The number of benzene rings is 1. The Balaban J connectivity index is 2.16. The highest BCUT2D eigenvalue weighted by Gasteiger charge is 2.12. The molecule has 0 aliphatic heterocycles. The van der Waals surface area contributed by atoms with E-state index in [4.69, 9.17) is 4.74 Å². The van der Waals surface area contributed by atoms with Gasteiger partial charge in [-0.2, -0.15) is 0 Å². The molecule has 21 heavy (non-hydrogen) atoms. The molecule has 1 aromatic carbocycles. The quantitative estimate of drug-likeness (QED) is 0.607. The van der Waals surface area contributed by atoms with Gasteiger partial charge in [0, 0.05) is 4.47 Å². The summed E-state index contributed by atoms with van der Waals surface area (Å²) in [5, 5.41) is 8.05. The third kappa shape index (κ3) is 3.70. The first-order valence-electron chi connectivity index (χ1n) is 5.93. The van der Waals surface area contributed by atoms with Crippen LogP contribution < -0.4 is 5.56 Å². The number of aryl methyl sites for hydroxylation is 1. The molecule has 1 heterocycles. The van der Waals surface area contributed by atoms with Gasteiger partial charge in [-0.1, -0.05) is 27.7 Å². The van der Waals surface area contributed by atoms with Crippen molar-refractivity contribution in [1.29, 1.82) is 0 Å². The second-order valence-electron chi connectivity index (χ2n) is 4.07. The van der Waals surface area contributed by atoms with Crippen molar-refractivity contribution >= 4 is 33.7 Å². The second-order valence-corrected chi connectivity index (χ2v) is 5.76. The van der Waals surface area contributed by atoms with Crippen LogP contribution in [0, 0.1) is 6.92 Å². The summed E-state index contributed by atoms with van der Waals surface area (Å²) in [5.74, 6) is -0.504. The number of carbonyl (C=O) groups is 1. The second kappa shape index (κ2) is 6.86. The van der Waals surface area contributed by atoms with Gasteiger partial charge >= 0.3 is 5.97 Å². The SMILES string of the molecule is CSc1nnc(C)c(=O)n1COC(=O)c1ccc(Br)cc1. The molecule has 0 saturated carbocycles. The van der Waals surface area contributed by atoms with E-state index in [9.17, 15) is 9.59 Å². The molecule has 6 nitrogen and oxygen atoms in total. The van der Waals surface area contributed by atoms with Gasteiger partial charge in [0.2, 0.25) is 0 Å². The fraction of sp³-hybridized carbons (Fsp3) is 0.231. The fourth-order valence-corrected chi connectivity index (χ4v) is 2.30. The van der Waals surface area contributed by atoms with Crippen molar-refractivity contribution in [3.8, 4) is 0 Å². The number of esters is 1. The summed E-state index contributed by atoms with van der Waals surface area (Å²) in [6.45, 7) is 1.37. The van der Waals surface area contributed by atoms with Gasteiger partial charge in [-0.05, 0) is 37.4 Å². The van der Waals surface area contributed by atoms with Gasteiger partial charge in [0.1, 0.15) is 5.69 Å². The highest BCUT2D eigenvalue weighted by Crippen LogP contribution is 2.12. The zero-order valence-corrected chi connectivity index (χ0v) is 13.8. The molecule has 8 heteroatoms. The van der Waals surface area contributed by atoms with E-state index in [0.29, 0.717) is 10.7 Å². The fourth-order valence-electron chi connectivity index (χ4n) is 1.55. The Kier molecular flexibility index (Phi) is 5.13. The minimum atomic E-state index is -0.504. The van der Waals surface area contributed by atoms with E-state index in [2.05, 4.69) is 26.1 Å². The summed E-state index contributed by atoms with van der Waals surface area (Å²) >= 11 is 4.55. The van der Waals surface area contributed by atoms with Crippen molar-refractivity contribution in [2.24, 2.45) is 0 Å². The number of ether oxygens (including phenoxy) is 1. The van der Waals surface area contributed by atoms with Crippen molar-refractivity contribution in [1.82, 2.24) is 14.8 Å². The monoisotopic (exact) mass is 369 g/mol. The van der Waals surface area contributed by atoms with E-state index in [-0.39, 0.29) is 18.0 Å². The molecule has 0 fully saturated rings. The zero-order valence-electron chi connectivity index (χ0n) is 11.4. The van der Waals surface area contributed by atoms with Crippen LogP contribution in [0.4, 0.5) is 0 Å². The van der Waals surface area contributed by atoms with Crippen LogP contribution >= 0.6 is 27.7 Å². The largest absolute Gasteiger partial charge is 0.440 e. The van der Waals surface area contributed by atoms with Crippen molar-refractivity contribution in [3.05, 3.63) is 50.3 Å². The van der Waals surface area contributed by atoms with E-state index >= 15 is 0 Å². The topological polar surface area (TPSA) is 74.1 Å². The Bertz CT molecular complexity index is 716. The molecule has 2 aromatic rings. The maximum atomic E-state index is 12.0. The number of halogens is 1. The Hall–Kier alpha value is -1.67. The Morgan fingerprint density at radius 2 is 2.00 bits per heavy atom. The number of hydrogen-bond acceptors (Lipinski definition) is 6. The zero-order chi connectivity index (χ0) is 15.4. The normalized spacial score (nSPS) is 10.4. The summed E-state index contributed by atoms with van der Waals surface area (Å²) in [4.78, 5) is 23.9. The molecule has 0 atom stereocenters. The highest BCUT2D eigenvalue weighted by molar-refractivity contribution is 9.10. The Labute approximate surface area is 133 Å². The van der Waals surface area contributed by atoms with Gasteiger partial charge in [-0.25, -0.2) is 9.36 Å². The summed E-state index contributed by atoms with van der Waals surface area (Å²) in [7, 11) is 0. The van der Waals surface area contributed by atoms with Gasteiger partial charge in [-0.15, -0.1) is 10.2 Å². The smallest absolute Gasteiger partial charge is 0.339 e. The minimum Gasteiger partial charge on any atom is -0.440 e. The van der Waals surface area contributed by atoms with Gasteiger partial charge in [0.05, 0.1) is 5.56 Å². The number of thioether (sulfide) groups is 1. The van der Waals surface area contributed by atoms with Crippen LogP contribution in [0.25, 0.3) is 0 Å². The van der Waals surface area contributed by atoms with Gasteiger partial charge in [0.15, 0.2) is 11.9 Å².